The Morgan fingerprint density at radius 3 is 2.75 bits per heavy atom. The maximum atomic E-state index is 11.1. The first-order valence-corrected chi connectivity index (χ1v) is 6.89. The van der Waals surface area contributed by atoms with Crippen LogP contribution in [0.25, 0.3) is 27.5 Å². The highest BCUT2D eigenvalue weighted by Gasteiger charge is 2.15. The summed E-state index contributed by atoms with van der Waals surface area (Å²) in [5.74, 6) is 0.632. The van der Waals surface area contributed by atoms with Crippen LogP contribution in [0.4, 0.5) is 11.4 Å². The lowest BCUT2D eigenvalue weighted by atomic mass is 10.1. The molecule has 0 saturated carbocycles. The molecule has 0 aliphatic carbocycles. The molecule has 0 spiro atoms. The van der Waals surface area contributed by atoms with Crippen molar-refractivity contribution in [2.24, 2.45) is 0 Å². The van der Waals surface area contributed by atoms with E-state index in [0.717, 1.165) is 16.3 Å². The first-order chi connectivity index (χ1) is 11.1. The Morgan fingerprint density at radius 2 is 1.96 bits per heavy atom. The van der Waals surface area contributed by atoms with Crippen LogP contribution in [0, 0.1) is 10.1 Å². The van der Waals surface area contributed by atoms with E-state index < -0.39 is 4.92 Å². The minimum Gasteiger partial charge on any atom is -0.393 e. The molecule has 3 heterocycles. The molecule has 24 heavy (non-hydrogen) atoms. The molecule has 120 valence electrons. The predicted octanol–water partition coefficient (Wildman–Crippen LogP) is 3.49. The van der Waals surface area contributed by atoms with Gasteiger partial charge in [0.05, 0.1) is 16.6 Å². The molecule has 0 aliphatic rings. The first kappa shape index (κ1) is 15.7. The molecular formula is C16H12ClN5O2. The molecule has 7 nitrogen and oxygen atoms in total. The quantitative estimate of drug-likeness (QED) is 0.342. The fourth-order valence-electron chi connectivity index (χ4n) is 2.68. The van der Waals surface area contributed by atoms with Crippen LogP contribution >= 0.6 is 12.4 Å². The van der Waals surface area contributed by atoms with Gasteiger partial charge in [0.2, 0.25) is 0 Å². The standard InChI is InChI=1S/C16H11N5O2.ClH/c17-16-12-7-15(19-8-11(12)1-2-13(16)21(22)23)20-6-4-10-3-5-18-9-14(10)20;/h1-9H,17H2;1H. The van der Waals surface area contributed by atoms with E-state index >= 15 is 0 Å². The summed E-state index contributed by atoms with van der Waals surface area (Å²) >= 11 is 0. The third-order valence-corrected chi connectivity index (χ3v) is 3.85. The fraction of sp³-hybridized carbons (Fsp3) is 0. The lowest BCUT2D eigenvalue weighted by Crippen LogP contribution is -1.99. The van der Waals surface area contributed by atoms with Crippen LogP contribution in [0.1, 0.15) is 0 Å². The molecule has 0 aliphatic heterocycles. The van der Waals surface area contributed by atoms with Crippen molar-refractivity contribution in [1.82, 2.24) is 14.5 Å². The summed E-state index contributed by atoms with van der Waals surface area (Å²) in [6, 6.07) is 8.67. The number of benzene rings is 1. The van der Waals surface area contributed by atoms with Crippen LogP contribution in [0.5, 0.6) is 0 Å². The molecular weight excluding hydrogens is 330 g/mol. The monoisotopic (exact) mass is 341 g/mol. The normalized spacial score (nSPS) is 10.7. The van der Waals surface area contributed by atoms with Crippen LogP contribution in [0.15, 0.2) is 55.1 Å². The van der Waals surface area contributed by atoms with Gasteiger partial charge in [-0.15, -0.1) is 12.4 Å². The Bertz CT molecular complexity index is 1080. The van der Waals surface area contributed by atoms with Crippen molar-refractivity contribution in [2.45, 2.75) is 0 Å². The van der Waals surface area contributed by atoms with Gasteiger partial charge in [-0.3, -0.25) is 19.7 Å². The van der Waals surface area contributed by atoms with E-state index in [2.05, 4.69) is 9.97 Å². The molecule has 4 rings (SSSR count). The van der Waals surface area contributed by atoms with Crippen molar-refractivity contribution >= 4 is 45.5 Å². The third kappa shape index (κ3) is 2.31. The topological polar surface area (TPSA) is 99.9 Å². The highest BCUT2D eigenvalue weighted by Crippen LogP contribution is 2.31. The van der Waals surface area contributed by atoms with Crippen LogP contribution in [0.2, 0.25) is 0 Å². The van der Waals surface area contributed by atoms with Crippen molar-refractivity contribution < 1.29 is 4.92 Å². The van der Waals surface area contributed by atoms with Crippen molar-refractivity contribution in [1.29, 1.82) is 0 Å². The molecule has 0 atom stereocenters. The van der Waals surface area contributed by atoms with E-state index in [0.29, 0.717) is 11.2 Å². The summed E-state index contributed by atoms with van der Waals surface area (Å²) in [7, 11) is 0. The summed E-state index contributed by atoms with van der Waals surface area (Å²) in [4.78, 5) is 19.1. The van der Waals surface area contributed by atoms with Crippen LogP contribution < -0.4 is 5.73 Å². The first-order valence-electron chi connectivity index (χ1n) is 6.89. The molecule has 8 heteroatoms. The van der Waals surface area contributed by atoms with E-state index in [9.17, 15) is 10.1 Å². The Labute approximate surface area is 142 Å². The average molecular weight is 342 g/mol. The number of nitrogen functional groups attached to an aromatic ring is 1. The number of hydrogen-bond donors (Lipinski definition) is 1. The highest BCUT2D eigenvalue weighted by atomic mass is 35.5. The summed E-state index contributed by atoms with van der Waals surface area (Å²) in [6.45, 7) is 0. The van der Waals surface area contributed by atoms with Crippen molar-refractivity contribution in [3.8, 4) is 5.82 Å². The number of aromatic nitrogens is 3. The molecule has 4 aromatic rings. The second-order valence-corrected chi connectivity index (χ2v) is 5.14. The number of rotatable bonds is 2. The number of halogens is 1. The molecule has 1 aromatic carbocycles. The van der Waals surface area contributed by atoms with Crippen LogP contribution in [0.3, 0.4) is 0 Å². The Kier molecular flexibility index (Phi) is 3.78. The lowest BCUT2D eigenvalue weighted by Gasteiger charge is -2.08. The van der Waals surface area contributed by atoms with Crippen molar-refractivity contribution in [3.05, 3.63) is 65.2 Å². The average Bonchev–Trinajstić information content (AvgIpc) is 2.99. The number of anilines is 1. The maximum absolute atomic E-state index is 11.1. The number of nitro benzene ring substituents is 1. The number of hydrogen-bond acceptors (Lipinski definition) is 5. The molecule has 0 fully saturated rings. The van der Waals surface area contributed by atoms with Crippen LogP contribution in [-0.4, -0.2) is 19.5 Å². The Morgan fingerprint density at radius 1 is 1.12 bits per heavy atom. The SMILES string of the molecule is Cl.Nc1c([N+](=O)[O-])ccc2cnc(-n3ccc4ccncc43)cc12. The van der Waals surface area contributed by atoms with E-state index in [4.69, 9.17) is 5.73 Å². The summed E-state index contributed by atoms with van der Waals surface area (Å²) in [5, 5.41) is 13.4. The number of fused-ring (bicyclic) bond motifs is 2. The number of nitro groups is 1. The Hall–Kier alpha value is -3.19. The van der Waals surface area contributed by atoms with Gasteiger partial charge in [0.1, 0.15) is 11.5 Å². The molecule has 0 radical (unpaired) electrons. The van der Waals surface area contributed by atoms with E-state index in [1.165, 1.54) is 6.07 Å². The van der Waals surface area contributed by atoms with Gasteiger partial charge in [-0.1, -0.05) is 0 Å². The van der Waals surface area contributed by atoms with Gasteiger partial charge in [0.25, 0.3) is 5.69 Å². The van der Waals surface area contributed by atoms with Gasteiger partial charge in [-0.25, -0.2) is 4.98 Å². The Balaban J connectivity index is 0.00000169. The molecule has 2 N–H and O–H groups in total. The molecule has 3 aromatic heterocycles. The van der Waals surface area contributed by atoms with E-state index in [1.54, 1.807) is 30.7 Å². The summed E-state index contributed by atoms with van der Waals surface area (Å²) in [6.07, 6.45) is 7.01. The second kappa shape index (κ2) is 5.78. The van der Waals surface area contributed by atoms with Gasteiger partial charge in [0, 0.05) is 40.8 Å². The minimum absolute atomic E-state index is 0. The molecule has 0 unspecified atom stereocenters. The summed E-state index contributed by atoms with van der Waals surface area (Å²) in [5.41, 5.74) is 6.91. The van der Waals surface area contributed by atoms with Gasteiger partial charge in [0.15, 0.2) is 0 Å². The zero-order valence-electron chi connectivity index (χ0n) is 12.3. The van der Waals surface area contributed by atoms with E-state index in [1.807, 2.05) is 22.9 Å². The lowest BCUT2D eigenvalue weighted by molar-refractivity contribution is -0.383. The smallest absolute Gasteiger partial charge is 0.292 e. The summed E-state index contributed by atoms with van der Waals surface area (Å²) < 4.78 is 1.88. The zero-order valence-corrected chi connectivity index (χ0v) is 13.1. The van der Waals surface area contributed by atoms with Crippen molar-refractivity contribution in [2.75, 3.05) is 5.73 Å². The molecule has 0 amide bonds. The largest absolute Gasteiger partial charge is 0.393 e. The maximum Gasteiger partial charge on any atom is 0.292 e. The fourth-order valence-corrected chi connectivity index (χ4v) is 2.68. The second-order valence-electron chi connectivity index (χ2n) is 5.14. The van der Waals surface area contributed by atoms with Crippen molar-refractivity contribution in [3.63, 3.8) is 0 Å². The zero-order chi connectivity index (χ0) is 16.0. The van der Waals surface area contributed by atoms with Gasteiger partial charge in [-0.05, 0) is 24.3 Å². The number of nitrogens with zero attached hydrogens (tertiary/aromatic N) is 4. The number of pyridine rings is 2. The molecule has 0 saturated heterocycles. The van der Waals surface area contributed by atoms with Gasteiger partial charge in [-0.2, -0.15) is 0 Å². The third-order valence-electron chi connectivity index (χ3n) is 3.85. The number of nitrogens with two attached hydrogens (primary N) is 1. The highest BCUT2D eigenvalue weighted by molar-refractivity contribution is 5.97. The van der Waals surface area contributed by atoms with Gasteiger partial charge >= 0.3 is 0 Å². The van der Waals surface area contributed by atoms with E-state index in [-0.39, 0.29) is 23.8 Å². The van der Waals surface area contributed by atoms with Gasteiger partial charge < -0.3 is 5.73 Å². The minimum atomic E-state index is -0.482. The molecule has 0 bridgehead atoms. The van der Waals surface area contributed by atoms with Crippen LogP contribution in [-0.2, 0) is 0 Å². The predicted molar refractivity (Wildman–Crippen MR) is 94.7 cm³/mol.